The maximum atomic E-state index is 12.0. The number of benzene rings is 3. The summed E-state index contributed by atoms with van der Waals surface area (Å²) in [7, 11) is 0. The Morgan fingerprint density at radius 1 is 0.957 bits per heavy atom. The molecule has 0 aromatic heterocycles. The van der Waals surface area contributed by atoms with Crippen molar-refractivity contribution in [3.05, 3.63) is 54.1 Å². The first-order chi connectivity index (χ1) is 11.2. The van der Waals surface area contributed by atoms with Gasteiger partial charge in [0.25, 0.3) is 0 Å². The molecule has 0 aliphatic rings. The van der Waals surface area contributed by atoms with E-state index in [1.165, 1.54) is 5.56 Å². The molecule has 118 valence electrons. The molecule has 0 unspecified atom stereocenters. The van der Waals surface area contributed by atoms with E-state index in [9.17, 15) is 4.79 Å². The smallest absolute Gasteiger partial charge is 0.434 e. The highest BCUT2D eigenvalue weighted by Gasteiger charge is 2.14. The average Bonchev–Trinajstić information content (AvgIpc) is 2.59. The van der Waals surface area contributed by atoms with Crippen LogP contribution < -0.4 is 4.74 Å². The highest BCUT2D eigenvalue weighted by molar-refractivity contribution is 6.06. The van der Waals surface area contributed by atoms with E-state index in [1.807, 2.05) is 31.2 Å². The molecule has 3 nitrogen and oxygen atoms in total. The molecule has 0 atom stereocenters. The molecule has 0 fully saturated rings. The van der Waals surface area contributed by atoms with Gasteiger partial charge in [0.2, 0.25) is 0 Å². The third-order valence-electron chi connectivity index (χ3n) is 3.90. The predicted molar refractivity (Wildman–Crippen MR) is 93.1 cm³/mol. The van der Waals surface area contributed by atoms with Gasteiger partial charge in [-0.15, -0.1) is 0 Å². The van der Waals surface area contributed by atoms with Crippen molar-refractivity contribution in [1.82, 2.24) is 0 Å². The van der Waals surface area contributed by atoms with E-state index in [2.05, 4.69) is 31.2 Å². The lowest BCUT2D eigenvalue weighted by molar-refractivity contribution is 0.100. The van der Waals surface area contributed by atoms with Crippen LogP contribution in [0.15, 0.2) is 48.5 Å². The molecular weight excluding hydrogens is 288 g/mol. The molecule has 0 radical (unpaired) electrons. The highest BCUT2D eigenvalue weighted by atomic mass is 16.7. The van der Waals surface area contributed by atoms with Crippen LogP contribution in [-0.4, -0.2) is 12.8 Å². The average molecular weight is 308 g/mol. The molecule has 0 bridgehead atoms. The van der Waals surface area contributed by atoms with Crippen LogP contribution in [0.5, 0.6) is 5.75 Å². The first-order valence-corrected chi connectivity index (χ1v) is 8.02. The summed E-state index contributed by atoms with van der Waals surface area (Å²) in [5, 5.41) is 3.96. The van der Waals surface area contributed by atoms with E-state index in [0.29, 0.717) is 12.4 Å². The Balaban J connectivity index is 2.17. The topological polar surface area (TPSA) is 35.5 Å². The molecule has 0 spiro atoms. The number of carbonyl (C=O) groups excluding carboxylic acids is 1. The fraction of sp³-hybridized carbons (Fsp3) is 0.250. The van der Waals surface area contributed by atoms with Crippen molar-refractivity contribution >= 4 is 27.7 Å². The maximum Gasteiger partial charge on any atom is 0.513 e. The van der Waals surface area contributed by atoms with Crippen molar-refractivity contribution in [2.75, 3.05) is 6.61 Å². The SMILES string of the molecule is CCCOC(=O)Oc1c2ccccc2cc2ccc(CC)cc12. The Bertz CT molecular complexity index is 852. The zero-order valence-corrected chi connectivity index (χ0v) is 13.5. The lowest BCUT2D eigenvalue weighted by Gasteiger charge is -2.12. The summed E-state index contributed by atoms with van der Waals surface area (Å²) >= 11 is 0. The quantitative estimate of drug-likeness (QED) is 0.363. The molecule has 0 amide bonds. The number of carbonyl (C=O) groups is 1. The van der Waals surface area contributed by atoms with Crippen molar-refractivity contribution in [2.24, 2.45) is 0 Å². The summed E-state index contributed by atoms with van der Waals surface area (Å²) < 4.78 is 10.7. The molecule has 0 N–H and O–H groups in total. The normalized spacial score (nSPS) is 10.9. The van der Waals surface area contributed by atoms with Gasteiger partial charge in [0, 0.05) is 10.8 Å². The third kappa shape index (κ3) is 3.14. The maximum absolute atomic E-state index is 12.0. The lowest BCUT2D eigenvalue weighted by atomic mass is 9.99. The molecule has 0 saturated heterocycles. The van der Waals surface area contributed by atoms with Gasteiger partial charge in [-0.2, -0.15) is 0 Å². The lowest BCUT2D eigenvalue weighted by Crippen LogP contribution is -2.11. The van der Waals surface area contributed by atoms with Crippen molar-refractivity contribution in [2.45, 2.75) is 26.7 Å². The van der Waals surface area contributed by atoms with Gasteiger partial charge in [0.1, 0.15) is 5.75 Å². The summed E-state index contributed by atoms with van der Waals surface area (Å²) in [6.07, 6.45) is 1.06. The Kier molecular flexibility index (Phi) is 4.47. The van der Waals surface area contributed by atoms with Crippen LogP contribution in [-0.2, 0) is 11.2 Å². The zero-order chi connectivity index (χ0) is 16.2. The Morgan fingerprint density at radius 3 is 2.52 bits per heavy atom. The number of hydrogen-bond donors (Lipinski definition) is 0. The summed E-state index contributed by atoms with van der Waals surface area (Å²) in [4.78, 5) is 12.0. The van der Waals surface area contributed by atoms with Gasteiger partial charge >= 0.3 is 6.16 Å². The number of aryl methyl sites for hydroxylation is 1. The fourth-order valence-electron chi connectivity index (χ4n) is 2.70. The number of fused-ring (bicyclic) bond motifs is 2. The van der Waals surface area contributed by atoms with Gasteiger partial charge in [0.15, 0.2) is 0 Å². The van der Waals surface area contributed by atoms with Crippen LogP contribution in [0.3, 0.4) is 0 Å². The van der Waals surface area contributed by atoms with Gasteiger partial charge < -0.3 is 9.47 Å². The van der Waals surface area contributed by atoms with Crippen molar-refractivity contribution in [1.29, 1.82) is 0 Å². The molecule has 3 aromatic rings. The van der Waals surface area contributed by atoms with Crippen LogP contribution in [0.1, 0.15) is 25.8 Å². The molecule has 0 saturated carbocycles. The van der Waals surface area contributed by atoms with Crippen LogP contribution in [0.2, 0.25) is 0 Å². The van der Waals surface area contributed by atoms with Crippen LogP contribution >= 0.6 is 0 Å². The Labute approximate surface area is 135 Å². The highest BCUT2D eigenvalue weighted by Crippen LogP contribution is 2.35. The van der Waals surface area contributed by atoms with Gasteiger partial charge in [-0.05, 0) is 41.3 Å². The van der Waals surface area contributed by atoms with Crippen molar-refractivity contribution < 1.29 is 14.3 Å². The summed E-state index contributed by atoms with van der Waals surface area (Å²) in [5.74, 6) is 0.578. The molecule has 3 rings (SSSR count). The molecule has 0 aliphatic carbocycles. The monoisotopic (exact) mass is 308 g/mol. The first-order valence-electron chi connectivity index (χ1n) is 8.02. The van der Waals surface area contributed by atoms with E-state index in [0.717, 1.165) is 34.4 Å². The van der Waals surface area contributed by atoms with Crippen molar-refractivity contribution in [3.63, 3.8) is 0 Å². The van der Waals surface area contributed by atoms with Crippen LogP contribution in [0.4, 0.5) is 4.79 Å². The largest absolute Gasteiger partial charge is 0.513 e. The van der Waals surface area contributed by atoms with Gasteiger partial charge in [-0.25, -0.2) is 4.79 Å². The number of hydrogen-bond acceptors (Lipinski definition) is 3. The van der Waals surface area contributed by atoms with Gasteiger partial charge in [-0.1, -0.05) is 50.2 Å². The minimum absolute atomic E-state index is 0.363. The second-order valence-electron chi connectivity index (χ2n) is 5.54. The second kappa shape index (κ2) is 6.69. The van der Waals surface area contributed by atoms with Gasteiger partial charge in [0.05, 0.1) is 6.61 Å². The van der Waals surface area contributed by atoms with E-state index in [4.69, 9.17) is 9.47 Å². The van der Waals surface area contributed by atoms with Crippen molar-refractivity contribution in [3.8, 4) is 5.75 Å². The van der Waals surface area contributed by atoms with E-state index < -0.39 is 6.16 Å². The second-order valence-corrected chi connectivity index (χ2v) is 5.54. The molecule has 0 heterocycles. The van der Waals surface area contributed by atoms with E-state index in [1.54, 1.807) is 0 Å². The number of ether oxygens (including phenoxy) is 2. The van der Waals surface area contributed by atoms with Gasteiger partial charge in [-0.3, -0.25) is 0 Å². The summed E-state index contributed by atoms with van der Waals surface area (Å²) in [6, 6.07) is 16.3. The summed E-state index contributed by atoms with van der Waals surface area (Å²) in [6.45, 7) is 4.42. The molecular formula is C20H20O3. The molecule has 23 heavy (non-hydrogen) atoms. The standard InChI is InChI=1S/C20H20O3/c1-3-11-22-20(21)23-19-17-8-6-5-7-15(17)13-16-10-9-14(4-2)12-18(16)19/h5-10,12-13H,3-4,11H2,1-2H3. The third-order valence-corrected chi connectivity index (χ3v) is 3.90. The predicted octanol–water partition coefficient (Wildman–Crippen LogP) is 5.48. The Hall–Kier alpha value is -2.55. The summed E-state index contributed by atoms with van der Waals surface area (Å²) in [5.41, 5.74) is 1.21. The minimum Gasteiger partial charge on any atom is -0.434 e. The van der Waals surface area contributed by atoms with E-state index >= 15 is 0 Å². The van der Waals surface area contributed by atoms with Crippen LogP contribution in [0.25, 0.3) is 21.5 Å². The van der Waals surface area contributed by atoms with E-state index in [-0.39, 0.29) is 0 Å². The first kappa shape index (κ1) is 15.3. The molecule has 3 aromatic carbocycles. The number of rotatable bonds is 4. The fourth-order valence-corrected chi connectivity index (χ4v) is 2.70. The van der Waals surface area contributed by atoms with Crippen LogP contribution in [0, 0.1) is 0 Å². The minimum atomic E-state index is -0.647. The molecule has 3 heteroatoms. The Morgan fingerprint density at radius 2 is 1.74 bits per heavy atom. The molecule has 0 aliphatic heterocycles. The zero-order valence-electron chi connectivity index (χ0n) is 13.5.